The summed E-state index contributed by atoms with van der Waals surface area (Å²) in [6.07, 6.45) is 3.76. The fourth-order valence-electron chi connectivity index (χ4n) is 0.777. The standard InChI is InChI=1S/C9H17IN4S/c1-12-9(6-10)5-8(11)7-15-4-3-14-13-2/h3,5,13H,4,6-7,11H2,1-2H3/b8-5?,12-9?,14-3+. The number of nitrogens with two attached hydrogens (primary N) is 1. The number of thioether (sulfide) groups is 1. The Balaban J connectivity index is 3.82. The molecule has 0 aliphatic carbocycles. The predicted octanol–water partition coefficient (Wildman–Crippen LogP) is 1.27. The van der Waals surface area contributed by atoms with Gasteiger partial charge in [0, 0.05) is 47.7 Å². The molecule has 15 heavy (non-hydrogen) atoms. The summed E-state index contributed by atoms with van der Waals surface area (Å²) in [7, 11) is 3.56. The first-order valence-corrected chi connectivity index (χ1v) is 7.16. The second-order valence-corrected chi connectivity index (χ2v) is 4.41. The van der Waals surface area contributed by atoms with Crippen LogP contribution in [0.2, 0.25) is 0 Å². The molecule has 0 unspecified atom stereocenters. The quantitative estimate of drug-likeness (QED) is 0.241. The topological polar surface area (TPSA) is 62.8 Å². The average molecular weight is 340 g/mol. The van der Waals surface area contributed by atoms with Crippen LogP contribution in [-0.4, -0.2) is 42.0 Å². The largest absolute Gasteiger partial charge is 0.401 e. The first kappa shape index (κ1) is 14.8. The molecule has 0 aliphatic heterocycles. The Bertz CT molecular complexity index is 250. The normalized spacial score (nSPS) is 13.5. The van der Waals surface area contributed by atoms with Crippen molar-refractivity contribution in [2.45, 2.75) is 0 Å². The zero-order chi connectivity index (χ0) is 11.5. The van der Waals surface area contributed by atoms with E-state index in [1.165, 1.54) is 0 Å². The van der Waals surface area contributed by atoms with Gasteiger partial charge >= 0.3 is 0 Å². The number of allylic oxidation sites excluding steroid dienone is 1. The summed E-state index contributed by atoms with van der Waals surface area (Å²) in [4.78, 5) is 4.11. The smallest absolute Gasteiger partial charge is 0.0459 e. The van der Waals surface area contributed by atoms with Gasteiger partial charge in [0.2, 0.25) is 0 Å². The number of hydrogen-bond acceptors (Lipinski definition) is 5. The van der Waals surface area contributed by atoms with E-state index in [2.05, 4.69) is 38.1 Å². The number of hydrogen-bond donors (Lipinski definition) is 2. The zero-order valence-corrected chi connectivity index (χ0v) is 12.0. The van der Waals surface area contributed by atoms with Crippen LogP contribution in [0, 0.1) is 0 Å². The van der Waals surface area contributed by atoms with E-state index in [9.17, 15) is 0 Å². The third-order valence-corrected chi connectivity index (χ3v) is 3.16. The van der Waals surface area contributed by atoms with Crippen LogP contribution in [0.5, 0.6) is 0 Å². The lowest BCUT2D eigenvalue weighted by molar-refractivity contribution is 0.907. The van der Waals surface area contributed by atoms with Gasteiger partial charge in [-0.05, 0) is 6.08 Å². The number of rotatable bonds is 7. The maximum Gasteiger partial charge on any atom is 0.0459 e. The van der Waals surface area contributed by atoms with E-state index in [-0.39, 0.29) is 0 Å². The lowest BCUT2D eigenvalue weighted by Gasteiger charge is -2.00. The van der Waals surface area contributed by atoms with E-state index >= 15 is 0 Å². The van der Waals surface area contributed by atoms with Crippen molar-refractivity contribution >= 4 is 46.3 Å². The lowest BCUT2D eigenvalue weighted by Crippen LogP contribution is -2.06. The van der Waals surface area contributed by atoms with Gasteiger partial charge in [0.1, 0.15) is 0 Å². The van der Waals surface area contributed by atoms with Gasteiger partial charge in [-0.2, -0.15) is 5.10 Å². The van der Waals surface area contributed by atoms with Crippen LogP contribution >= 0.6 is 34.4 Å². The first-order chi connectivity index (χ1) is 7.24. The Morgan fingerprint density at radius 2 is 2.33 bits per heavy atom. The molecule has 0 saturated carbocycles. The van der Waals surface area contributed by atoms with Crippen molar-refractivity contribution in [2.75, 3.05) is 30.0 Å². The van der Waals surface area contributed by atoms with Crippen molar-refractivity contribution in [3.05, 3.63) is 11.8 Å². The van der Waals surface area contributed by atoms with Crippen LogP contribution in [0.4, 0.5) is 0 Å². The van der Waals surface area contributed by atoms with E-state index in [4.69, 9.17) is 5.73 Å². The molecule has 0 rings (SSSR count). The highest BCUT2D eigenvalue weighted by molar-refractivity contribution is 14.1. The maximum absolute atomic E-state index is 5.84. The molecular formula is C9H17IN4S. The van der Waals surface area contributed by atoms with Gasteiger partial charge in [0.15, 0.2) is 0 Å². The van der Waals surface area contributed by atoms with Crippen LogP contribution < -0.4 is 11.2 Å². The number of hydrazone groups is 1. The highest BCUT2D eigenvalue weighted by Crippen LogP contribution is 2.03. The molecule has 0 amide bonds. The molecule has 0 aliphatic rings. The van der Waals surface area contributed by atoms with E-state index < -0.39 is 0 Å². The molecule has 0 radical (unpaired) electrons. The van der Waals surface area contributed by atoms with Gasteiger partial charge in [-0.25, -0.2) is 0 Å². The minimum atomic E-state index is 0.811. The summed E-state index contributed by atoms with van der Waals surface area (Å²) >= 11 is 4.00. The Kier molecular flexibility index (Phi) is 10.1. The van der Waals surface area contributed by atoms with Crippen LogP contribution in [0.3, 0.4) is 0 Å². The van der Waals surface area contributed by atoms with E-state index in [0.717, 1.165) is 27.3 Å². The van der Waals surface area contributed by atoms with Crippen molar-refractivity contribution in [3.8, 4) is 0 Å². The summed E-state index contributed by atoms with van der Waals surface area (Å²) in [5.41, 5.74) is 10.4. The van der Waals surface area contributed by atoms with Crippen molar-refractivity contribution in [2.24, 2.45) is 15.8 Å². The fraction of sp³-hybridized carbons (Fsp3) is 0.556. The van der Waals surface area contributed by atoms with E-state index in [0.29, 0.717) is 0 Å². The molecule has 0 aromatic carbocycles. The number of alkyl halides is 1. The van der Waals surface area contributed by atoms with Crippen molar-refractivity contribution in [3.63, 3.8) is 0 Å². The molecule has 0 atom stereocenters. The van der Waals surface area contributed by atoms with Crippen LogP contribution in [-0.2, 0) is 0 Å². The second-order valence-electron chi connectivity index (χ2n) is 2.62. The molecule has 4 nitrogen and oxygen atoms in total. The number of nitrogens with zero attached hydrogens (tertiary/aromatic N) is 2. The third kappa shape index (κ3) is 8.73. The summed E-state index contributed by atoms with van der Waals surface area (Å²) in [5, 5.41) is 3.88. The molecule has 0 saturated heterocycles. The van der Waals surface area contributed by atoms with Gasteiger partial charge < -0.3 is 11.2 Å². The van der Waals surface area contributed by atoms with Crippen molar-refractivity contribution in [1.82, 2.24) is 5.43 Å². The predicted molar refractivity (Wildman–Crippen MR) is 79.4 cm³/mol. The third-order valence-electron chi connectivity index (χ3n) is 1.46. The lowest BCUT2D eigenvalue weighted by atomic mass is 10.3. The summed E-state index contributed by atoms with van der Waals surface area (Å²) < 4.78 is 0.890. The number of aliphatic imine (C=N–C) groups is 1. The maximum atomic E-state index is 5.84. The molecule has 0 bridgehead atoms. The van der Waals surface area contributed by atoms with E-state index in [1.807, 2.05) is 12.3 Å². The minimum Gasteiger partial charge on any atom is -0.401 e. The molecule has 0 fully saturated rings. The Labute approximate surface area is 109 Å². The van der Waals surface area contributed by atoms with Gasteiger partial charge in [-0.15, -0.1) is 11.8 Å². The molecule has 6 heteroatoms. The highest BCUT2D eigenvalue weighted by atomic mass is 127. The van der Waals surface area contributed by atoms with Crippen LogP contribution in [0.25, 0.3) is 0 Å². The highest BCUT2D eigenvalue weighted by Gasteiger charge is 1.94. The second kappa shape index (κ2) is 10.3. The number of halogens is 1. The summed E-state index contributed by atoms with van der Waals surface area (Å²) in [5.74, 6) is 1.67. The molecule has 0 aromatic rings. The van der Waals surface area contributed by atoms with Gasteiger partial charge in [0.25, 0.3) is 0 Å². The van der Waals surface area contributed by atoms with Gasteiger partial charge in [-0.1, -0.05) is 22.6 Å². The Morgan fingerprint density at radius 3 is 2.87 bits per heavy atom. The number of nitrogens with one attached hydrogen (secondary N) is 1. The molecule has 3 N–H and O–H groups in total. The molecule has 0 heterocycles. The van der Waals surface area contributed by atoms with Crippen molar-refractivity contribution < 1.29 is 0 Å². The Hall–Kier alpha value is -0.240. The van der Waals surface area contributed by atoms with E-state index in [1.54, 1.807) is 25.9 Å². The van der Waals surface area contributed by atoms with Gasteiger partial charge in [0.05, 0.1) is 0 Å². The van der Waals surface area contributed by atoms with Crippen LogP contribution in [0.15, 0.2) is 21.9 Å². The molecule has 0 spiro atoms. The van der Waals surface area contributed by atoms with Crippen molar-refractivity contribution in [1.29, 1.82) is 0 Å². The minimum absolute atomic E-state index is 0.811. The van der Waals surface area contributed by atoms with Gasteiger partial charge in [-0.3, -0.25) is 4.99 Å². The zero-order valence-electron chi connectivity index (χ0n) is 9.03. The summed E-state index contributed by atoms with van der Waals surface area (Å²) in [6, 6.07) is 0. The first-order valence-electron chi connectivity index (χ1n) is 4.48. The fourth-order valence-corrected chi connectivity index (χ4v) is 1.95. The molecular weight excluding hydrogens is 323 g/mol. The van der Waals surface area contributed by atoms with Crippen LogP contribution in [0.1, 0.15) is 0 Å². The Morgan fingerprint density at radius 1 is 1.60 bits per heavy atom. The SMILES string of the molecule is CN=C(C=C(N)CSC/C=N/NC)CI. The molecule has 0 aromatic heterocycles. The average Bonchev–Trinajstić information content (AvgIpc) is 2.25. The molecule has 86 valence electrons. The monoisotopic (exact) mass is 340 g/mol. The summed E-state index contributed by atoms with van der Waals surface area (Å²) in [6.45, 7) is 0.